The molecule has 0 spiro atoms. The van der Waals surface area contributed by atoms with Gasteiger partial charge in [0.05, 0.1) is 0 Å². The molecule has 6 heteroatoms. The molecular weight excluding hydrogens is 262 g/mol. The van der Waals surface area contributed by atoms with Gasteiger partial charge in [-0.1, -0.05) is 30.0 Å². The first kappa shape index (κ1) is 13.6. The van der Waals surface area contributed by atoms with Crippen LogP contribution in [0.2, 0.25) is 0 Å². The first-order chi connectivity index (χ1) is 9.06. The van der Waals surface area contributed by atoms with Crippen molar-refractivity contribution >= 4 is 34.4 Å². The van der Waals surface area contributed by atoms with Gasteiger partial charge < -0.3 is 10.2 Å². The van der Waals surface area contributed by atoms with Crippen LogP contribution in [0.5, 0.6) is 0 Å². The first-order valence-electron chi connectivity index (χ1n) is 5.87. The second-order valence-electron chi connectivity index (χ2n) is 4.35. The van der Waals surface area contributed by atoms with E-state index in [1.807, 2.05) is 44.4 Å². The number of hydrogen-bond acceptors (Lipinski definition) is 4. The molecule has 2 amide bonds. The maximum Gasteiger partial charge on any atom is 0.262 e. The highest BCUT2D eigenvalue weighted by atomic mass is 32.2. The van der Waals surface area contributed by atoms with E-state index in [0.29, 0.717) is 5.17 Å². The molecule has 1 atom stereocenters. The van der Waals surface area contributed by atoms with Crippen LogP contribution in [-0.2, 0) is 9.59 Å². The van der Waals surface area contributed by atoms with E-state index in [0.717, 1.165) is 5.69 Å². The van der Waals surface area contributed by atoms with Gasteiger partial charge >= 0.3 is 0 Å². The number of carbonyl (C=O) groups is 2. The van der Waals surface area contributed by atoms with E-state index in [-0.39, 0.29) is 18.2 Å². The third kappa shape index (κ3) is 3.57. The standard InChI is InChI=1S/C13H15N3O2S/c1-16(2)13-15-12(18)10(19-13)8-11(17)14-9-6-4-3-5-7-9/h3-7,10H,8H2,1-2H3,(H,14,17)/t10-/m0/s1. The minimum Gasteiger partial charge on any atom is -0.357 e. The number of para-hydroxylation sites is 1. The Hall–Kier alpha value is -1.82. The molecule has 100 valence electrons. The molecule has 0 fully saturated rings. The summed E-state index contributed by atoms with van der Waals surface area (Å²) in [6.07, 6.45) is 0.138. The summed E-state index contributed by atoms with van der Waals surface area (Å²) in [5.41, 5.74) is 0.733. The van der Waals surface area contributed by atoms with Crippen molar-refractivity contribution < 1.29 is 9.59 Å². The Kier molecular flexibility index (Phi) is 4.21. The zero-order valence-corrected chi connectivity index (χ0v) is 11.6. The average Bonchev–Trinajstić information content (AvgIpc) is 2.72. The number of thioether (sulfide) groups is 1. The fourth-order valence-electron chi connectivity index (χ4n) is 1.61. The molecule has 1 aromatic rings. The molecule has 0 saturated carbocycles. The average molecular weight is 277 g/mol. The van der Waals surface area contributed by atoms with E-state index in [1.54, 1.807) is 4.90 Å². The minimum atomic E-state index is -0.416. The molecule has 0 radical (unpaired) electrons. The summed E-state index contributed by atoms with van der Waals surface area (Å²) in [7, 11) is 3.65. The highest BCUT2D eigenvalue weighted by Gasteiger charge is 2.31. The van der Waals surface area contributed by atoms with Crippen molar-refractivity contribution in [3.05, 3.63) is 30.3 Å². The Labute approximate surface area is 116 Å². The molecule has 19 heavy (non-hydrogen) atoms. The van der Waals surface area contributed by atoms with Gasteiger partial charge in [0.2, 0.25) is 5.91 Å². The molecule has 1 aliphatic rings. The predicted molar refractivity (Wildman–Crippen MR) is 77.2 cm³/mol. The Bertz CT molecular complexity index is 514. The van der Waals surface area contributed by atoms with Crippen LogP contribution in [0.25, 0.3) is 0 Å². The van der Waals surface area contributed by atoms with Gasteiger partial charge in [-0.15, -0.1) is 0 Å². The molecule has 0 aromatic heterocycles. The highest BCUT2D eigenvalue weighted by molar-refractivity contribution is 8.15. The summed E-state index contributed by atoms with van der Waals surface area (Å²) >= 11 is 1.33. The second-order valence-corrected chi connectivity index (χ2v) is 5.52. The van der Waals surface area contributed by atoms with E-state index in [9.17, 15) is 9.59 Å². The fourth-order valence-corrected chi connectivity index (χ4v) is 2.60. The SMILES string of the molecule is CN(C)C1=NC(=O)[C@H](CC(=O)Nc2ccccc2)S1. The number of amides is 2. The quantitative estimate of drug-likeness (QED) is 0.911. The number of hydrogen-bond donors (Lipinski definition) is 1. The maximum absolute atomic E-state index is 11.8. The van der Waals surface area contributed by atoms with Gasteiger partial charge in [0.25, 0.3) is 5.91 Å². The lowest BCUT2D eigenvalue weighted by atomic mass is 10.2. The fraction of sp³-hybridized carbons (Fsp3) is 0.308. The lowest BCUT2D eigenvalue weighted by Crippen LogP contribution is -2.22. The van der Waals surface area contributed by atoms with Crippen molar-refractivity contribution in [2.24, 2.45) is 4.99 Å². The second kappa shape index (κ2) is 5.88. The smallest absolute Gasteiger partial charge is 0.262 e. The van der Waals surface area contributed by atoms with Crippen LogP contribution in [0.1, 0.15) is 6.42 Å². The third-order valence-electron chi connectivity index (χ3n) is 2.54. The van der Waals surface area contributed by atoms with Crippen molar-refractivity contribution in [2.45, 2.75) is 11.7 Å². The summed E-state index contributed by atoms with van der Waals surface area (Å²) in [5, 5.41) is 3.00. The molecule has 0 aliphatic carbocycles. The highest BCUT2D eigenvalue weighted by Crippen LogP contribution is 2.26. The van der Waals surface area contributed by atoms with Gasteiger partial charge in [-0.2, -0.15) is 4.99 Å². The largest absolute Gasteiger partial charge is 0.357 e. The Morgan fingerprint density at radius 1 is 1.37 bits per heavy atom. The van der Waals surface area contributed by atoms with E-state index in [2.05, 4.69) is 10.3 Å². The monoisotopic (exact) mass is 277 g/mol. The number of nitrogens with zero attached hydrogens (tertiary/aromatic N) is 2. The van der Waals surface area contributed by atoms with Crippen molar-refractivity contribution in [3.63, 3.8) is 0 Å². The normalized spacial score (nSPS) is 18.1. The Morgan fingerprint density at radius 3 is 2.63 bits per heavy atom. The van der Waals surface area contributed by atoms with Crippen LogP contribution in [0, 0.1) is 0 Å². The lowest BCUT2D eigenvalue weighted by Gasteiger charge is -2.11. The van der Waals surface area contributed by atoms with Gasteiger partial charge in [0.1, 0.15) is 5.25 Å². The van der Waals surface area contributed by atoms with E-state index < -0.39 is 5.25 Å². The van der Waals surface area contributed by atoms with Crippen molar-refractivity contribution in [1.29, 1.82) is 0 Å². The van der Waals surface area contributed by atoms with Crippen molar-refractivity contribution in [1.82, 2.24) is 4.90 Å². The van der Waals surface area contributed by atoms with Gasteiger partial charge in [-0.05, 0) is 12.1 Å². The summed E-state index contributed by atoms with van der Waals surface area (Å²) in [4.78, 5) is 29.2. The van der Waals surface area contributed by atoms with Crippen LogP contribution in [-0.4, -0.2) is 41.2 Å². The molecule has 5 nitrogen and oxygen atoms in total. The number of rotatable bonds is 3. The van der Waals surface area contributed by atoms with Crippen molar-refractivity contribution in [2.75, 3.05) is 19.4 Å². The molecule has 1 aliphatic heterocycles. The number of amidine groups is 1. The van der Waals surface area contributed by atoms with Gasteiger partial charge in [0.15, 0.2) is 5.17 Å². The minimum absolute atomic E-state index is 0.138. The van der Waals surface area contributed by atoms with Crippen LogP contribution in [0.15, 0.2) is 35.3 Å². The van der Waals surface area contributed by atoms with Crippen LogP contribution >= 0.6 is 11.8 Å². The Morgan fingerprint density at radius 2 is 2.05 bits per heavy atom. The molecule has 0 unspecified atom stereocenters. The molecule has 1 N–H and O–H groups in total. The molecule has 1 heterocycles. The summed E-state index contributed by atoms with van der Waals surface area (Å²) < 4.78 is 0. The van der Waals surface area contributed by atoms with E-state index >= 15 is 0 Å². The van der Waals surface area contributed by atoms with Crippen molar-refractivity contribution in [3.8, 4) is 0 Å². The molecule has 2 rings (SSSR count). The number of nitrogens with one attached hydrogen (secondary N) is 1. The Balaban J connectivity index is 1.89. The van der Waals surface area contributed by atoms with E-state index in [4.69, 9.17) is 0 Å². The predicted octanol–water partition coefficient (Wildman–Crippen LogP) is 1.57. The van der Waals surface area contributed by atoms with Gasteiger partial charge in [-0.25, -0.2) is 0 Å². The number of carbonyl (C=O) groups excluding carboxylic acids is 2. The summed E-state index contributed by atoms with van der Waals surface area (Å²) in [5.74, 6) is -0.413. The maximum atomic E-state index is 11.8. The van der Waals surface area contributed by atoms with Crippen LogP contribution in [0.3, 0.4) is 0 Å². The van der Waals surface area contributed by atoms with Crippen LogP contribution in [0.4, 0.5) is 5.69 Å². The van der Waals surface area contributed by atoms with Crippen LogP contribution < -0.4 is 5.32 Å². The summed E-state index contributed by atoms with van der Waals surface area (Å²) in [6, 6.07) is 9.19. The summed E-state index contributed by atoms with van der Waals surface area (Å²) in [6.45, 7) is 0. The van der Waals surface area contributed by atoms with Gasteiger partial charge in [0, 0.05) is 26.2 Å². The van der Waals surface area contributed by atoms with Gasteiger partial charge in [-0.3, -0.25) is 9.59 Å². The zero-order valence-electron chi connectivity index (χ0n) is 10.8. The molecular formula is C13H15N3O2S. The number of anilines is 1. The number of aliphatic imine (C=N–C) groups is 1. The lowest BCUT2D eigenvalue weighted by molar-refractivity contribution is -0.121. The third-order valence-corrected chi connectivity index (χ3v) is 3.86. The molecule has 0 saturated heterocycles. The first-order valence-corrected chi connectivity index (χ1v) is 6.75. The number of benzene rings is 1. The molecule has 0 bridgehead atoms. The topological polar surface area (TPSA) is 61.8 Å². The molecule has 1 aromatic carbocycles. The van der Waals surface area contributed by atoms with E-state index in [1.165, 1.54) is 11.8 Å². The zero-order chi connectivity index (χ0) is 13.8.